The molecule has 192 valence electrons. The Kier molecular flexibility index (Phi) is 15.7. The van der Waals surface area contributed by atoms with Crippen molar-refractivity contribution in [2.24, 2.45) is 10.1 Å². The first-order valence-corrected chi connectivity index (χ1v) is 11.7. The zero-order valence-corrected chi connectivity index (χ0v) is 22.9. The first-order chi connectivity index (χ1) is 16.7. The molecule has 0 saturated heterocycles. The van der Waals surface area contributed by atoms with Gasteiger partial charge in [0.25, 0.3) is 0 Å². The normalized spacial score (nSPS) is 10.7. The first kappa shape index (κ1) is 31.8. The van der Waals surface area contributed by atoms with Gasteiger partial charge in [0.1, 0.15) is 12.8 Å². The maximum Gasteiger partial charge on any atom is 0.171 e. The molecule has 0 radical (unpaired) electrons. The van der Waals surface area contributed by atoms with Gasteiger partial charge in [0, 0.05) is 23.5 Å². The van der Waals surface area contributed by atoms with E-state index >= 15 is 0 Å². The molecule has 0 spiro atoms. The number of rotatable bonds is 9. The molecule has 1 aromatic heterocycles. The highest BCUT2D eigenvalue weighted by Crippen LogP contribution is 2.22. The lowest BCUT2D eigenvalue weighted by atomic mass is 10.0. The molecule has 0 saturated carbocycles. The minimum atomic E-state index is 0.208. The number of benzene rings is 1. The van der Waals surface area contributed by atoms with Crippen LogP contribution >= 0.6 is 11.6 Å². The van der Waals surface area contributed by atoms with E-state index in [2.05, 4.69) is 52.9 Å². The van der Waals surface area contributed by atoms with Crippen LogP contribution in [0.2, 0.25) is 0 Å². The molecular weight excluding hydrogens is 464 g/mol. The van der Waals surface area contributed by atoms with Crippen molar-refractivity contribution in [1.29, 1.82) is 0 Å². The molecule has 0 amide bonds. The Bertz CT molecular complexity index is 1030. The summed E-state index contributed by atoms with van der Waals surface area (Å²) in [5, 5.41) is 14.7. The smallest absolute Gasteiger partial charge is 0.171 e. The van der Waals surface area contributed by atoms with Crippen LogP contribution in [0.1, 0.15) is 60.6 Å². The fourth-order valence-electron chi connectivity index (χ4n) is 2.76. The average molecular weight is 503 g/mol. The third-order valence-electron chi connectivity index (χ3n) is 4.41. The summed E-state index contributed by atoms with van der Waals surface area (Å²) in [5.74, 6) is 0.335. The molecule has 0 atom stereocenters. The van der Waals surface area contributed by atoms with Crippen LogP contribution in [-0.4, -0.2) is 48.3 Å². The van der Waals surface area contributed by atoms with E-state index in [1.165, 1.54) is 19.5 Å². The van der Waals surface area contributed by atoms with Crippen LogP contribution < -0.4 is 10.6 Å². The molecule has 0 fully saturated rings. The van der Waals surface area contributed by atoms with Crippen molar-refractivity contribution in [3.8, 4) is 0 Å². The van der Waals surface area contributed by atoms with Crippen LogP contribution in [0.5, 0.6) is 0 Å². The number of nitrogens with one attached hydrogen (secondary N) is 2. The third-order valence-corrected chi connectivity index (χ3v) is 4.58. The van der Waals surface area contributed by atoms with Gasteiger partial charge in [-0.25, -0.2) is 9.67 Å². The van der Waals surface area contributed by atoms with Crippen LogP contribution in [0.15, 0.2) is 52.7 Å². The van der Waals surface area contributed by atoms with E-state index in [1.54, 1.807) is 10.7 Å². The molecule has 0 aliphatic heterocycles. The van der Waals surface area contributed by atoms with Gasteiger partial charge in [-0.2, -0.15) is 5.10 Å². The van der Waals surface area contributed by atoms with Crippen LogP contribution in [0.3, 0.4) is 0 Å². The zero-order valence-electron chi connectivity index (χ0n) is 22.1. The van der Waals surface area contributed by atoms with Crippen LogP contribution in [0.25, 0.3) is 0 Å². The van der Waals surface area contributed by atoms with Crippen molar-refractivity contribution >= 4 is 35.6 Å². The van der Waals surface area contributed by atoms with Crippen molar-refractivity contribution in [3.05, 3.63) is 70.7 Å². The minimum Gasteiger partial charge on any atom is -0.399 e. The van der Waals surface area contributed by atoms with E-state index in [0.717, 1.165) is 28.8 Å². The number of aromatic nitrogens is 2. The van der Waals surface area contributed by atoms with E-state index in [1.807, 2.05) is 46.9 Å². The average Bonchev–Trinajstić information content (AvgIpc) is 3.23. The molecule has 0 unspecified atom stereocenters. The number of hydrogen-bond donors (Lipinski definition) is 2. The van der Waals surface area contributed by atoms with Crippen molar-refractivity contribution in [2.75, 3.05) is 19.5 Å². The second-order valence-electron chi connectivity index (χ2n) is 7.39. The second kappa shape index (κ2) is 17.2. The Hall–Kier alpha value is -3.23. The lowest BCUT2D eigenvalue weighted by molar-refractivity contribution is 0.112. The number of aliphatic imine (C=N–C) groups is 1. The lowest BCUT2D eigenvalue weighted by Crippen LogP contribution is -2.18. The number of carbonyl (C=O) groups excluding carboxylic acids is 1. The number of nitrogens with zero attached hydrogens (tertiary/aromatic N) is 4. The number of oxime groups is 1. The molecule has 2 rings (SSSR count). The largest absolute Gasteiger partial charge is 0.399 e. The standard InChI is InChI=1S/C20H22ClN5O2.C4H11N.C2H6/c1-6-22-20(15(4)21)26-18(9-17(25-26)10-24-28-5)11-23-19-14(3)7-13(2)8-16(19)12-27;1-4(2)5-3;1-2/h6-10,12,23H,1,4,11H2,2-3,5H3;4-5H,1-3H3;1-2H3/b22-20?,24-10+;;. The number of hydrogen-bond acceptors (Lipinski definition) is 7. The topological polar surface area (TPSA) is 92.9 Å². The third kappa shape index (κ3) is 10.7. The van der Waals surface area contributed by atoms with Crippen molar-refractivity contribution in [2.45, 2.75) is 54.1 Å². The Morgan fingerprint density at radius 2 is 1.91 bits per heavy atom. The fraction of sp³-hybridized carbons (Fsp3) is 0.385. The van der Waals surface area contributed by atoms with E-state index in [4.69, 9.17) is 16.4 Å². The predicted octanol–water partition coefficient (Wildman–Crippen LogP) is 5.69. The van der Waals surface area contributed by atoms with E-state index in [-0.39, 0.29) is 5.03 Å². The molecule has 1 aromatic carbocycles. The zero-order chi connectivity index (χ0) is 27.0. The molecule has 35 heavy (non-hydrogen) atoms. The number of anilines is 1. The molecule has 2 aromatic rings. The highest BCUT2D eigenvalue weighted by atomic mass is 35.5. The number of allylic oxidation sites excluding steroid dienone is 1. The van der Waals surface area contributed by atoms with Crippen molar-refractivity contribution < 1.29 is 9.63 Å². The number of aldehydes is 1. The van der Waals surface area contributed by atoms with Gasteiger partial charge >= 0.3 is 0 Å². The quantitative estimate of drug-likeness (QED) is 0.199. The SMILES string of the molecule is C=CN=C(C(=C)Cl)n1nc(/C=N/OC)cc1CNc1c(C)cc(C)cc1C=O.CC.CNC(C)C. The fourth-order valence-corrected chi connectivity index (χ4v) is 2.89. The Labute approximate surface area is 214 Å². The summed E-state index contributed by atoms with van der Waals surface area (Å²) in [7, 11) is 3.40. The summed E-state index contributed by atoms with van der Waals surface area (Å²) < 4.78 is 1.55. The van der Waals surface area contributed by atoms with Gasteiger partial charge in [-0.3, -0.25) is 4.79 Å². The van der Waals surface area contributed by atoms with E-state index in [9.17, 15) is 4.79 Å². The predicted molar refractivity (Wildman–Crippen MR) is 149 cm³/mol. The summed E-state index contributed by atoms with van der Waals surface area (Å²) in [4.78, 5) is 20.3. The summed E-state index contributed by atoms with van der Waals surface area (Å²) in [6, 6.07) is 6.28. The molecule has 2 N–H and O–H groups in total. The maximum absolute atomic E-state index is 11.5. The van der Waals surface area contributed by atoms with E-state index in [0.29, 0.717) is 29.7 Å². The number of aryl methyl sites for hydroxylation is 2. The molecular formula is C26H39ClN6O2. The van der Waals surface area contributed by atoms with Crippen LogP contribution in [0.4, 0.5) is 5.69 Å². The van der Waals surface area contributed by atoms with Crippen LogP contribution in [-0.2, 0) is 11.4 Å². The van der Waals surface area contributed by atoms with Gasteiger partial charge in [-0.1, -0.05) is 69.2 Å². The van der Waals surface area contributed by atoms with Crippen LogP contribution in [0, 0.1) is 13.8 Å². The summed E-state index contributed by atoms with van der Waals surface area (Å²) in [6.07, 6.45) is 3.66. The molecule has 0 bridgehead atoms. The Morgan fingerprint density at radius 1 is 1.29 bits per heavy atom. The highest BCUT2D eigenvalue weighted by molar-refractivity contribution is 6.43. The molecule has 1 heterocycles. The monoisotopic (exact) mass is 502 g/mol. The summed E-state index contributed by atoms with van der Waals surface area (Å²) >= 11 is 6.09. The highest BCUT2D eigenvalue weighted by Gasteiger charge is 2.15. The van der Waals surface area contributed by atoms with Gasteiger partial charge in [0.15, 0.2) is 12.1 Å². The number of halogens is 1. The van der Waals surface area contributed by atoms with Crippen molar-refractivity contribution in [1.82, 2.24) is 15.1 Å². The summed E-state index contributed by atoms with van der Waals surface area (Å²) in [6.45, 7) is 19.8. The second-order valence-corrected chi connectivity index (χ2v) is 7.85. The van der Waals surface area contributed by atoms with Gasteiger partial charge in [-0.15, -0.1) is 0 Å². The molecule has 0 aliphatic rings. The molecule has 8 nitrogen and oxygen atoms in total. The Balaban J connectivity index is 0.00000146. The minimum absolute atomic E-state index is 0.208. The van der Waals surface area contributed by atoms with Gasteiger partial charge in [-0.05, 0) is 38.6 Å². The van der Waals surface area contributed by atoms with E-state index < -0.39 is 0 Å². The van der Waals surface area contributed by atoms with Gasteiger partial charge in [0.05, 0.1) is 23.5 Å². The molecule has 9 heteroatoms. The summed E-state index contributed by atoms with van der Waals surface area (Å²) in [5.41, 5.74) is 4.61. The Morgan fingerprint density at radius 3 is 2.40 bits per heavy atom. The van der Waals surface area contributed by atoms with Crippen molar-refractivity contribution in [3.63, 3.8) is 0 Å². The first-order valence-electron chi connectivity index (χ1n) is 11.3. The molecule has 0 aliphatic carbocycles. The van der Waals surface area contributed by atoms with Gasteiger partial charge in [0.2, 0.25) is 0 Å². The maximum atomic E-state index is 11.5. The van der Waals surface area contributed by atoms with Gasteiger partial charge < -0.3 is 15.5 Å². The lowest BCUT2D eigenvalue weighted by Gasteiger charge is -2.14. The number of carbonyl (C=O) groups is 1.